The highest BCUT2D eigenvalue weighted by Crippen LogP contribution is 2.26. The zero-order chi connectivity index (χ0) is 17.9. The van der Waals surface area contributed by atoms with Gasteiger partial charge < -0.3 is 10.1 Å². The maximum Gasteiger partial charge on any atom is 0.163 e. The van der Waals surface area contributed by atoms with Crippen LogP contribution in [-0.4, -0.2) is 76.2 Å². The highest BCUT2D eigenvalue weighted by atomic mass is 32.2. The van der Waals surface area contributed by atoms with Crippen molar-refractivity contribution in [3.05, 3.63) is 0 Å². The van der Waals surface area contributed by atoms with Crippen molar-refractivity contribution < 1.29 is 13.2 Å². The first kappa shape index (κ1) is 19.9. The lowest BCUT2D eigenvalue weighted by Gasteiger charge is -2.44. The van der Waals surface area contributed by atoms with E-state index in [9.17, 15) is 8.42 Å². The predicted octanol–water partition coefficient (Wildman–Crippen LogP) is -0.298. The molecule has 0 radical (unpaired) electrons. The molecule has 146 valence electrons. The zero-order valence-electron chi connectivity index (χ0n) is 15.2. The zero-order valence-corrected chi connectivity index (χ0v) is 16.8. The quantitative estimate of drug-likeness (QED) is 0.490. The Morgan fingerprint density at radius 1 is 1.20 bits per heavy atom. The summed E-state index contributed by atoms with van der Waals surface area (Å²) in [6.45, 7) is 2.56. The highest BCUT2D eigenvalue weighted by Gasteiger charge is 2.38. The van der Waals surface area contributed by atoms with Crippen molar-refractivity contribution >= 4 is 21.6 Å². The van der Waals surface area contributed by atoms with E-state index in [1.807, 2.05) is 0 Å². The molecule has 7 nitrogen and oxygen atoms in total. The van der Waals surface area contributed by atoms with Gasteiger partial charge >= 0.3 is 0 Å². The average Bonchev–Trinajstić information content (AvgIpc) is 3.12. The van der Waals surface area contributed by atoms with E-state index in [2.05, 4.69) is 33.0 Å². The van der Waals surface area contributed by atoms with Crippen LogP contribution in [0.4, 0.5) is 0 Å². The van der Waals surface area contributed by atoms with E-state index in [1.54, 1.807) is 7.11 Å². The molecule has 0 aromatic heterocycles. The molecule has 0 aliphatic carbocycles. The minimum absolute atomic E-state index is 0.0412. The smallest absolute Gasteiger partial charge is 0.163 e. The second kappa shape index (κ2) is 8.86. The van der Waals surface area contributed by atoms with E-state index in [-0.39, 0.29) is 18.4 Å². The summed E-state index contributed by atoms with van der Waals surface area (Å²) in [6.07, 6.45) is 5.68. The van der Waals surface area contributed by atoms with Gasteiger partial charge in [-0.1, -0.05) is 0 Å². The van der Waals surface area contributed by atoms with E-state index in [1.165, 1.54) is 24.9 Å². The third kappa shape index (κ3) is 5.31. The fraction of sp³-hybridized carbons (Fsp3) is 1.00. The van der Waals surface area contributed by atoms with Gasteiger partial charge in [-0.2, -0.15) is 11.8 Å². The molecular formula is C16H32N4O3S2. The Hall–Kier alpha value is 0.1000. The maximum atomic E-state index is 11.7. The first-order valence-corrected chi connectivity index (χ1v) is 12.3. The lowest BCUT2D eigenvalue weighted by molar-refractivity contribution is -0.0107. The normalized spacial score (nSPS) is 40.2. The summed E-state index contributed by atoms with van der Waals surface area (Å²) in [7, 11) is -1.29. The number of ether oxygens (including phenoxy) is 1. The minimum Gasteiger partial charge on any atom is -0.365 e. The van der Waals surface area contributed by atoms with E-state index in [0.29, 0.717) is 18.9 Å². The molecule has 0 bridgehead atoms. The molecule has 3 aliphatic rings. The number of hydrogen-bond donors (Lipinski definition) is 4. The first-order valence-electron chi connectivity index (χ1n) is 9.27. The van der Waals surface area contributed by atoms with Crippen molar-refractivity contribution in [2.75, 3.05) is 38.8 Å². The second-order valence-electron chi connectivity index (χ2n) is 7.42. The standard InChI is InChI=1S/C16H32N4O3S2/c1-23-16-15(11-5-6-14(18-8-11)25(2,21)22)20-13(10-19-16)17-9-12-4-3-7-24-12/h11-20H,3-10H2,1-2H3. The van der Waals surface area contributed by atoms with Gasteiger partial charge in [-0.25, -0.2) is 8.42 Å². The number of piperazine rings is 1. The third-order valence-corrected chi connectivity index (χ3v) is 8.38. The van der Waals surface area contributed by atoms with Crippen LogP contribution in [0.1, 0.15) is 25.7 Å². The summed E-state index contributed by atoms with van der Waals surface area (Å²) >= 11 is 2.07. The van der Waals surface area contributed by atoms with Gasteiger partial charge in [-0.15, -0.1) is 0 Å². The summed E-state index contributed by atoms with van der Waals surface area (Å²) in [6, 6.07) is 0.167. The first-order chi connectivity index (χ1) is 12.0. The second-order valence-corrected chi connectivity index (χ2v) is 11.1. The van der Waals surface area contributed by atoms with Crippen molar-refractivity contribution in [3.8, 4) is 0 Å². The Kier molecular flexibility index (Phi) is 7.03. The maximum absolute atomic E-state index is 11.7. The Morgan fingerprint density at radius 2 is 2.04 bits per heavy atom. The van der Waals surface area contributed by atoms with Crippen LogP contribution in [0.5, 0.6) is 0 Å². The van der Waals surface area contributed by atoms with E-state index < -0.39 is 15.2 Å². The summed E-state index contributed by atoms with van der Waals surface area (Å²) in [5.74, 6) is 1.63. The van der Waals surface area contributed by atoms with Gasteiger partial charge in [-0.05, 0) is 37.4 Å². The Morgan fingerprint density at radius 3 is 2.64 bits per heavy atom. The van der Waals surface area contributed by atoms with Crippen LogP contribution >= 0.6 is 11.8 Å². The van der Waals surface area contributed by atoms with Crippen LogP contribution < -0.4 is 21.3 Å². The van der Waals surface area contributed by atoms with Gasteiger partial charge in [0.2, 0.25) is 0 Å². The molecule has 25 heavy (non-hydrogen) atoms. The van der Waals surface area contributed by atoms with Crippen LogP contribution in [0.25, 0.3) is 0 Å². The number of piperidine rings is 1. The topological polar surface area (TPSA) is 91.5 Å². The van der Waals surface area contributed by atoms with E-state index in [4.69, 9.17) is 4.74 Å². The van der Waals surface area contributed by atoms with Crippen LogP contribution in [0.3, 0.4) is 0 Å². The molecule has 4 N–H and O–H groups in total. The molecule has 0 aromatic rings. The Bertz CT molecular complexity index is 519. The van der Waals surface area contributed by atoms with Crippen LogP contribution in [-0.2, 0) is 14.6 Å². The SMILES string of the molecule is COC1NCC(NCC2CCCS2)NC1C1CCC(S(C)(=O)=O)NC1. The molecule has 3 heterocycles. The van der Waals surface area contributed by atoms with Gasteiger partial charge in [-0.3, -0.25) is 16.0 Å². The van der Waals surface area contributed by atoms with Crippen molar-refractivity contribution in [3.63, 3.8) is 0 Å². The van der Waals surface area contributed by atoms with Crippen molar-refractivity contribution in [2.45, 2.75) is 54.7 Å². The van der Waals surface area contributed by atoms with Gasteiger partial charge in [0, 0.05) is 38.2 Å². The molecule has 3 rings (SSSR count). The van der Waals surface area contributed by atoms with E-state index >= 15 is 0 Å². The molecule has 6 unspecified atom stereocenters. The molecule has 0 aromatic carbocycles. The minimum atomic E-state index is -3.02. The highest BCUT2D eigenvalue weighted by molar-refractivity contribution is 8.00. The van der Waals surface area contributed by atoms with Gasteiger partial charge in [0.25, 0.3) is 0 Å². The molecule has 9 heteroatoms. The van der Waals surface area contributed by atoms with Crippen LogP contribution in [0.2, 0.25) is 0 Å². The lowest BCUT2D eigenvalue weighted by Crippen LogP contribution is -2.69. The fourth-order valence-electron chi connectivity index (χ4n) is 4.09. The molecule has 0 spiro atoms. The molecule has 6 atom stereocenters. The van der Waals surface area contributed by atoms with Crippen molar-refractivity contribution in [1.82, 2.24) is 21.3 Å². The van der Waals surface area contributed by atoms with Gasteiger partial charge in [0.05, 0.1) is 12.2 Å². The molecule has 3 aliphatic heterocycles. The summed E-state index contributed by atoms with van der Waals surface area (Å²) in [5.41, 5.74) is 0. The molecule has 3 fully saturated rings. The fourth-order valence-corrected chi connectivity index (χ4v) is 6.26. The number of hydrogen-bond acceptors (Lipinski definition) is 8. The van der Waals surface area contributed by atoms with Crippen LogP contribution in [0.15, 0.2) is 0 Å². The van der Waals surface area contributed by atoms with E-state index in [0.717, 1.165) is 24.8 Å². The number of methoxy groups -OCH3 is 1. The summed E-state index contributed by atoms with van der Waals surface area (Å²) < 4.78 is 29.1. The number of rotatable bonds is 6. The number of nitrogens with one attached hydrogen (secondary N) is 4. The predicted molar refractivity (Wildman–Crippen MR) is 102 cm³/mol. The largest absolute Gasteiger partial charge is 0.365 e. The summed E-state index contributed by atoms with van der Waals surface area (Å²) in [4.78, 5) is 0. The average molecular weight is 393 g/mol. The van der Waals surface area contributed by atoms with Crippen LogP contribution in [0, 0.1) is 5.92 Å². The third-order valence-electron chi connectivity index (χ3n) is 5.54. The summed E-state index contributed by atoms with van der Waals surface area (Å²) in [5, 5.41) is 14.4. The molecule has 0 saturated carbocycles. The number of sulfone groups is 1. The Labute approximate surface area is 155 Å². The molecular weight excluding hydrogens is 360 g/mol. The monoisotopic (exact) mass is 392 g/mol. The molecule has 3 saturated heterocycles. The lowest BCUT2D eigenvalue weighted by atomic mass is 9.89. The Balaban J connectivity index is 1.52. The number of thioether (sulfide) groups is 1. The van der Waals surface area contributed by atoms with Gasteiger partial charge in [0.1, 0.15) is 11.6 Å². The molecule has 0 amide bonds. The van der Waals surface area contributed by atoms with Crippen molar-refractivity contribution in [1.29, 1.82) is 0 Å². The van der Waals surface area contributed by atoms with Crippen molar-refractivity contribution in [2.24, 2.45) is 5.92 Å². The van der Waals surface area contributed by atoms with Gasteiger partial charge in [0.15, 0.2) is 9.84 Å².